The van der Waals surface area contributed by atoms with E-state index >= 15 is 0 Å². The molecule has 0 aromatic heterocycles. The summed E-state index contributed by atoms with van der Waals surface area (Å²) >= 11 is 0. The van der Waals surface area contributed by atoms with Crippen molar-refractivity contribution < 1.29 is 4.79 Å². The van der Waals surface area contributed by atoms with Crippen molar-refractivity contribution in [2.75, 3.05) is 0 Å². The van der Waals surface area contributed by atoms with E-state index in [9.17, 15) is 4.79 Å². The maximum absolute atomic E-state index is 11.0. The Labute approximate surface area is 98.9 Å². The van der Waals surface area contributed by atoms with E-state index < -0.39 is 0 Å². The first-order valence-corrected chi connectivity index (χ1v) is 6.23. The number of rotatable bonds is 6. The lowest BCUT2D eigenvalue weighted by Gasteiger charge is -2.14. The van der Waals surface area contributed by atoms with Gasteiger partial charge >= 0.3 is 0 Å². The maximum Gasteiger partial charge on any atom is 0.127 e. The van der Waals surface area contributed by atoms with Crippen LogP contribution < -0.4 is 0 Å². The molecule has 0 bridgehead atoms. The lowest BCUT2D eigenvalue weighted by atomic mass is 9.89. The number of hydrogen-bond donors (Lipinski definition) is 0. The van der Waals surface area contributed by atoms with Gasteiger partial charge in [0.15, 0.2) is 0 Å². The number of aryl methyl sites for hydroxylation is 1. The number of carbonyl (C=O) groups excluding carboxylic acids is 1. The van der Waals surface area contributed by atoms with Crippen LogP contribution in [0, 0.1) is 5.92 Å². The van der Waals surface area contributed by atoms with Gasteiger partial charge in [0.25, 0.3) is 0 Å². The average molecular weight is 218 g/mol. The van der Waals surface area contributed by atoms with Gasteiger partial charge in [-0.3, -0.25) is 0 Å². The lowest BCUT2D eigenvalue weighted by Crippen LogP contribution is -2.07. The topological polar surface area (TPSA) is 17.1 Å². The fraction of sp³-hybridized carbons (Fsp3) is 0.533. The molecule has 1 nitrogen and oxygen atoms in total. The third kappa shape index (κ3) is 3.48. The normalized spacial score (nSPS) is 12.8. The Hall–Kier alpha value is -1.11. The van der Waals surface area contributed by atoms with E-state index in [0.29, 0.717) is 5.92 Å². The smallest absolute Gasteiger partial charge is 0.127 e. The molecular formula is C15H22O. The van der Waals surface area contributed by atoms with E-state index in [1.54, 1.807) is 0 Å². The molecule has 0 fully saturated rings. The van der Waals surface area contributed by atoms with Gasteiger partial charge in [-0.05, 0) is 29.9 Å². The van der Waals surface area contributed by atoms with E-state index in [-0.39, 0.29) is 5.92 Å². The Morgan fingerprint density at radius 2 is 1.81 bits per heavy atom. The minimum Gasteiger partial charge on any atom is -0.303 e. The number of benzene rings is 1. The van der Waals surface area contributed by atoms with Crippen molar-refractivity contribution in [2.45, 2.75) is 46.0 Å². The quantitative estimate of drug-likeness (QED) is 0.660. The summed E-state index contributed by atoms with van der Waals surface area (Å²) in [7, 11) is 0. The third-order valence-corrected chi connectivity index (χ3v) is 3.05. The molecule has 1 rings (SSSR count). The van der Waals surface area contributed by atoms with Gasteiger partial charge in [-0.1, -0.05) is 51.5 Å². The Bertz CT molecular complexity index is 311. The molecule has 0 aliphatic rings. The fourth-order valence-electron chi connectivity index (χ4n) is 1.91. The average Bonchev–Trinajstić information content (AvgIpc) is 2.28. The molecule has 0 aliphatic carbocycles. The summed E-state index contributed by atoms with van der Waals surface area (Å²) in [6.45, 7) is 6.38. The van der Waals surface area contributed by atoms with Gasteiger partial charge in [-0.15, -0.1) is 0 Å². The Morgan fingerprint density at radius 1 is 1.19 bits per heavy atom. The number of carbonyl (C=O) groups is 1. The van der Waals surface area contributed by atoms with Gasteiger partial charge < -0.3 is 4.79 Å². The summed E-state index contributed by atoms with van der Waals surface area (Å²) < 4.78 is 0. The van der Waals surface area contributed by atoms with Crippen LogP contribution in [0.2, 0.25) is 0 Å². The van der Waals surface area contributed by atoms with E-state index in [1.807, 2.05) is 0 Å². The van der Waals surface area contributed by atoms with Gasteiger partial charge in [-0.2, -0.15) is 0 Å². The first kappa shape index (κ1) is 13.0. The third-order valence-electron chi connectivity index (χ3n) is 3.05. The van der Waals surface area contributed by atoms with E-state index in [1.165, 1.54) is 18.4 Å². The minimum absolute atomic E-state index is 0.0419. The highest BCUT2D eigenvalue weighted by Crippen LogP contribution is 2.22. The first-order valence-electron chi connectivity index (χ1n) is 6.23. The van der Waals surface area contributed by atoms with Crippen LogP contribution in [0.4, 0.5) is 0 Å². The van der Waals surface area contributed by atoms with E-state index in [0.717, 1.165) is 18.3 Å². The molecule has 0 aliphatic heterocycles. The molecule has 0 heterocycles. The van der Waals surface area contributed by atoms with Crippen molar-refractivity contribution >= 4 is 6.29 Å². The molecule has 0 radical (unpaired) electrons. The molecule has 1 aromatic carbocycles. The van der Waals surface area contributed by atoms with Gasteiger partial charge in [-0.25, -0.2) is 0 Å². The summed E-state index contributed by atoms with van der Waals surface area (Å²) in [6.07, 6.45) is 4.67. The molecule has 1 atom stereocenters. The Kier molecular flexibility index (Phi) is 5.24. The highest BCUT2D eigenvalue weighted by atomic mass is 16.1. The second-order valence-corrected chi connectivity index (χ2v) is 4.75. The number of hydrogen-bond acceptors (Lipinski definition) is 1. The Morgan fingerprint density at radius 3 is 2.25 bits per heavy atom. The largest absolute Gasteiger partial charge is 0.303 e. The second-order valence-electron chi connectivity index (χ2n) is 4.75. The van der Waals surface area contributed by atoms with Crippen molar-refractivity contribution in [3.63, 3.8) is 0 Å². The molecule has 1 aromatic rings. The maximum atomic E-state index is 11.0. The molecule has 0 spiro atoms. The Balaban J connectivity index is 2.73. The summed E-state index contributed by atoms with van der Waals surface area (Å²) in [5, 5.41) is 0. The SMILES string of the molecule is CCCCc1ccc(C(C=O)C(C)C)cc1. The van der Waals surface area contributed by atoms with Crippen molar-refractivity contribution in [1.82, 2.24) is 0 Å². The van der Waals surface area contributed by atoms with E-state index in [2.05, 4.69) is 45.0 Å². The molecule has 1 unspecified atom stereocenters. The monoisotopic (exact) mass is 218 g/mol. The van der Waals surface area contributed by atoms with Crippen molar-refractivity contribution in [3.05, 3.63) is 35.4 Å². The van der Waals surface area contributed by atoms with Gasteiger partial charge in [0, 0.05) is 5.92 Å². The molecule has 0 N–H and O–H groups in total. The zero-order chi connectivity index (χ0) is 12.0. The standard InChI is InChI=1S/C15H22O/c1-4-5-6-13-7-9-14(10-8-13)15(11-16)12(2)3/h7-12,15H,4-6H2,1-3H3. The van der Waals surface area contributed by atoms with Crippen LogP contribution in [0.5, 0.6) is 0 Å². The van der Waals surface area contributed by atoms with Gasteiger partial charge in [0.05, 0.1) is 0 Å². The fourth-order valence-corrected chi connectivity index (χ4v) is 1.91. The van der Waals surface area contributed by atoms with E-state index in [4.69, 9.17) is 0 Å². The molecule has 16 heavy (non-hydrogen) atoms. The molecule has 1 heteroatoms. The van der Waals surface area contributed by atoms with Crippen LogP contribution in [-0.4, -0.2) is 6.29 Å². The number of aldehydes is 1. The molecule has 0 amide bonds. The summed E-state index contributed by atoms with van der Waals surface area (Å²) in [4.78, 5) is 11.0. The van der Waals surface area contributed by atoms with Gasteiger partial charge in [0.1, 0.15) is 6.29 Å². The molecule has 0 saturated heterocycles. The predicted molar refractivity (Wildman–Crippen MR) is 68.7 cm³/mol. The van der Waals surface area contributed by atoms with Crippen LogP contribution in [0.1, 0.15) is 50.7 Å². The predicted octanol–water partition coefficient (Wildman–Crippen LogP) is 3.97. The zero-order valence-corrected chi connectivity index (χ0v) is 10.6. The van der Waals surface area contributed by atoms with Crippen LogP contribution in [0.25, 0.3) is 0 Å². The molecule has 0 saturated carbocycles. The second kappa shape index (κ2) is 6.47. The molecular weight excluding hydrogens is 196 g/mol. The number of unbranched alkanes of at least 4 members (excludes halogenated alkanes) is 1. The molecule has 88 valence electrons. The van der Waals surface area contributed by atoms with Crippen molar-refractivity contribution in [2.24, 2.45) is 5.92 Å². The van der Waals surface area contributed by atoms with Crippen molar-refractivity contribution in [1.29, 1.82) is 0 Å². The van der Waals surface area contributed by atoms with Crippen LogP contribution in [0.3, 0.4) is 0 Å². The zero-order valence-electron chi connectivity index (χ0n) is 10.6. The van der Waals surface area contributed by atoms with Gasteiger partial charge in [0.2, 0.25) is 0 Å². The summed E-state index contributed by atoms with van der Waals surface area (Å²) in [5.74, 6) is 0.416. The highest BCUT2D eigenvalue weighted by Gasteiger charge is 2.14. The lowest BCUT2D eigenvalue weighted by molar-refractivity contribution is -0.109. The van der Waals surface area contributed by atoms with Crippen LogP contribution in [0.15, 0.2) is 24.3 Å². The summed E-state index contributed by atoms with van der Waals surface area (Å²) in [5.41, 5.74) is 2.52. The van der Waals surface area contributed by atoms with Crippen LogP contribution in [-0.2, 0) is 11.2 Å². The first-order chi connectivity index (χ1) is 7.69. The van der Waals surface area contributed by atoms with Crippen molar-refractivity contribution in [3.8, 4) is 0 Å². The highest BCUT2D eigenvalue weighted by molar-refractivity contribution is 5.62. The summed E-state index contributed by atoms with van der Waals surface area (Å²) in [6, 6.07) is 8.52. The van der Waals surface area contributed by atoms with Crippen LogP contribution >= 0.6 is 0 Å². The minimum atomic E-state index is 0.0419.